The maximum absolute atomic E-state index is 2.34. The standard InChI is InChI=1S/C23H28N2/c1-17-11-7-9-13-24(17)21-15-20(23(4,5)6)16-22(19(21)3)25-14-10-8-12-18(25)2/h7-16H,1-6H3/q+2. The Morgan fingerprint density at radius 2 is 1.12 bits per heavy atom. The molecule has 2 heterocycles. The molecule has 25 heavy (non-hydrogen) atoms. The number of aryl methyl sites for hydroxylation is 2. The zero-order chi connectivity index (χ0) is 18.2. The molecule has 0 aliphatic rings. The van der Waals surface area contributed by atoms with Crippen LogP contribution in [-0.4, -0.2) is 0 Å². The fourth-order valence-electron chi connectivity index (χ4n) is 3.21. The second-order valence-electron chi connectivity index (χ2n) is 7.81. The molecular weight excluding hydrogens is 304 g/mol. The Morgan fingerprint density at radius 1 is 0.680 bits per heavy atom. The van der Waals surface area contributed by atoms with Crippen LogP contribution in [0.5, 0.6) is 0 Å². The largest absolute Gasteiger partial charge is 0.220 e. The van der Waals surface area contributed by atoms with Gasteiger partial charge >= 0.3 is 0 Å². The molecule has 0 atom stereocenters. The molecule has 2 aromatic heterocycles. The highest BCUT2D eigenvalue weighted by Gasteiger charge is 2.27. The molecule has 0 radical (unpaired) electrons. The lowest BCUT2D eigenvalue weighted by molar-refractivity contribution is -0.611. The number of pyridine rings is 2. The van der Waals surface area contributed by atoms with Crippen LogP contribution in [0.15, 0.2) is 60.9 Å². The van der Waals surface area contributed by atoms with Gasteiger partial charge in [0, 0.05) is 50.2 Å². The third kappa shape index (κ3) is 3.34. The second-order valence-corrected chi connectivity index (χ2v) is 7.81. The zero-order valence-corrected chi connectivity index (χ0v) is 16.2. The molecular formula is C23H28N2+2. The van der Waals surface area contributed by atoms with Crippen LogP contribution in [0.4, 0.5) is 0 Å². The summed E-state index contributed by atoms with van der Waals surface area (Å²) in [6.45, 7) is 13.4. The molecule has 0 bridgehead atoms. The van der Waals surface area contributed by atoms with Crippen LogP contribution in [0.1, 0.15) is 43.3 Å². The smallest absolute Gasteiger partial charge is 0.164 e. The fraction of sp³-hybridized carbons (Fsp3) is 0.304. The molecule has 128 valence electrons. The van der Waals surface area contributed by atoms with E-state index in [9.17, 15) is 0 Å². The minimum absolute atomic E-state index is 0.0870. The van der Waals surface area contributed by atoms with Gasteiger partial charge in [-0.15, -0.1) is 0 Å². The summed E-state index contributed by atoms with van der Waals surface area (Å²) in [4.78, 5) is 0. The van der Waals surface area contributed by atoms with Crippen molar-refractivity contribution >= 4 is 0 Å². The topological polar surface area (TPSA) is 7.76 Å². The van der Waals surface area contributed by atoms with E-state index in [4.69, 9.17) is 0 Å². The van der Waals surface area contributed by atoms with Crippen molar-refractivity contribution in [2.45, 2.75) is 47.0 Å². The first-order chi connectivity index (χ1) is 11.8. The number of hydrogen-bond acceptors (Lipinski definition) is 0. The van der Waals surface area contributed by atoms with Gasteiger partial charge in [0.1, 0.15) is 0 Å². The van der Waals surface area contributed by atoms with Gasteiger partial charge in [-0.1, -0.05) is 32.9 Å². The van der Waals surface area contributed by atoms with Gasteiger partial charge in [-0.3, -0.25) is 0 Å². The van der Waals surface area contributed by atoms with Crippen LogP contribution in [0.3, 0.4) is 0 Å². The van der Waals surface area contributed by atoms with Crippen molar-refractivity contribution in [3.8, 4) is 11.4 Å². The molecule has 0 saturated heterocycles. The van der Waals surface area contributed by atoms with Gasteiger partial charge in [-0.05, 0) is 17.9 Å². The van der Waals surface area contributed by atoms with Gasteiger partial charge in [0.2, 0.25) is 11.4 Å². The van der Waals surface area contributed by atoms with Crippen LogP contribution in [0.2, 0.25) is 0 Å². The van der Waals surface area contributed by atoms with Crippen molar-refractivity contribution < 1.29 is 9.13 Å². The van der Waals surface area contributed by atoms with Crippen molar-refractivity contribution in [2.24, 2.45) is 0 Å². The lowest BCUT2D eigenvalue weighted by Gasteiger charge is -2.20. The molecule has 0 fully saturated rings. The number of benzene rings is 1. The molecule has 0 unspecified atom stereocenters. The van der Waals surface area contributed by atoms with Crippen molar-refractivity contribution in [2.75, 3.05) is 0 Å². The number of nitrogens with zero attached hydrogens (tertiary/aromatic N) is 2. The van der Waals surface area contributed by atoms with Gasteiger partial charge < -0.3 is 0 Å². The van der Waals surface area contributed by atoms with Crippen LogP contribution < -0.4 is 9.13 Å². The average molecular weight is 332 g/mol. The maximum Gasteiger partial charge on any atom is 0.220 e. The molecule has 1 aromatic carbocycles. The van der Waals surface area contributed by atoms with Crippen molar-refractivity contribution in [1.82, 2.24) is 0 Å². The average Bonchev–Trinajstić information content (AvgIpc) is 2.55. The van der Waals surface area contributed by atoms with Crippen LogP contribution in [0, 0.1) is 20.8 Å². The number of rotatable bonds is 2. The van der Waals surface area contributed by atoms with Crippen LogP contribution in [-0.2, 0) is 5.41 Å². The Bertz CT molecular complexity index is 851. The first-order valence-corrected chi connectivity index (χ1v) is 8.89. The summed E-state index contributed by atoms with van der Waals surface area (Å²) in [6, 6.07) is 17.4. The molecule has 3 aromatic rings. The molecule has 0 amide bonds. The maximum atomic E-state index is 2.34. The summed E-state index contributed by atoms with van der Waals surface area (Å²) < 4.78 is 4.57. The third-order valence-electron chi connectivity index (χ3n) is 4.87. The number of hydrogen-bond donors (Lipinski definition) is 0. The van der Waals surface area contributed by atoms with Gasteiger partial charge in [0.05, 0.1) is 5.56 Å². The van der Waals surface area contributed by atoms with Gasteiger partial charge in [-0.2, -0.15) is 9.13 Å². The van der Waals surface area contributed by atoms with E-state index < -0.39 is 0 Å². The highest BCUT2D eigenvalue weighted by Crippen LogP contribution is 2.27. The summed E-state index contributed by atoms with van der Waals surface area (Å²) in [7, 11) is 0. The van der Waals surface area contributed by atoms with E-state index in [2.05, 4.69) is 112 Å². The minimum Gasteiger partial charge on any atom is -0.164 e. The molecule has 0 N–H and O–H groups in total. The monoisotopic (exact) mass is 332 g/mol. The SMILES string of the molecule is Cc1c(-[n+]2ccccc2C)cc(C(C)(C)C)cc1-[n+]1ccccc1C. The minimum atomic E-state index is 0.0870. The third-order valence-corrected chi connectivity index (χ3v) is 4.87. The molecule has 2 heteroatoms. The first-order valence-electron chi connectivity index (χ1n) is 8.89. The summed E-state index contributed by atoms with van der Waals surface area (Å²) >= 11 is 0. The molecule has 0 saturated carbocycles. The predicted molar refractivity (Wildman–Crippen MR) is 102 cm³/mol. The summed E-state index contributed by atoms with van der Waals surface area (Å²) in [5.74, 6) is 0. The Balaban J connectivity index is 2.35. The highest BCUT2D eigenvalue weighted by atomic mass is 15.0. The van der Waals surface area contributed by atoms with E-state index in [1.807, 2.05) is 0 Å². The van der Waals surface area contributed by atoms with Crippen LogP contribution in [0.25, 0.3) is 11.4 Å². The fourth-order valence-corrected chi connectivity index (χ4v) is 3.21. The second kappa shape index (κ2) is 6.44. The van der Waals surface area contributed by atoms with E-state index in [0.29, 0.717) is 0 Å². The van der Waals surface area contributed by atoms with E-state index in [1.54, 1.807) is 0 Å². The Morgan fingerprint density at radius 3 is 1.48 bits per heavy atom. The van der Waals surface area contributed by atoms with Crippen molar-refractivity contribution in [3.05, 3.63) is 83.4 Å². The van der Waals surface area contributed by atoms with Gasteiger partial charge in [-0.25, -0.2) is 0 Å². The Labute approximate surface area is 151 Å². The molecule has 0 aliphatic heterocycles. The Kier molecular flexibility index (Phi) is 4.47. The van der Waals surface area contributed by atoms with Crippen LogP contribution >= 0.6 is 0 Å². The van der Waals surface area contributed by atoms with Gasteiger partial charge in [0.15, 0.2) is 23.8 Å². The van der Waals surface area contributed by atoms with E-state index in [0.717, 1.165) is 0 Å². The summed E-state index contributed by atoms with van der Waals surface area (Å²) in [5.41, 5.74) is 7.67. The van der Waals surface area contributed by atoms with E-state index >= 15 is 0 Å². The Hall–Kier alpha value is -2.48. The molecule has 0 aliphatic carbocycles. The molecule has 2 nitrogen and oxygen atoms in total. The van der Waals surface area contributed by atoms with E-state index in [1.165, 1.54) is 33.9 Å². The van der Waals surface area contributed by atoms with Gasteiger partial charge in [0.25, 0.3) is 0 Å². The predicted octanol–water partition coefficient (Wildman–Crippen LogP) is 4.46. The zero-order valence-electron chi connectivity index (χ0n) is 16.2. The van der Waals surface area contributed by atoms with E-state index in [-0.39, 0.29) is 5.41 Å². The lowest BCUT2D eigenvalue weighted by atomic mass is 9.85. The van der Waals surface area contributed by atoms with Crippen molar-refractivity contribution in [3.63, 3.8) is 0 Å². The summed E-state index contributed by atoms with van der Waals surface area (Å²) in [5, 5.41) is 0. The first kappa shape index (κ1) is 17.3. The quantitative estimate of drug-likeness (QED) is 0.612. The highest BCUT2D eigenvalue weighted by molar-refractivity contribution is 5.49. The number of aromatic nitrogens is 2. The molecule has 3 rings (SSSR count). The lowest BCUT2D eigenvalue weighted by Crippen LogP contribution is -2.39. The molecule has 0 spiro atoms. The summed E-state index contributed by atoms with van der Waals surface area (Å²) in [6.07, 6.45) is 4.30. The van der Waals surface area contributed by atoms with Crippen molar-refractivity contribution in [1.29, 1.82) is 0 Å². The normalized spacial score (nSPS) is 11.6.